The summed E-state index contributed by atoms with van der Waals surface area (Å²) in [7, 11) is 1.67. The molecule has 1 aromatic heterocycles. The van der Waals surface area contributed by atoms with Crippen LogP contribution in [0.3, 0.4) is 0 Å². The Morgan fingerprint density at radius 2 is 2.05 bits per heavy atom. The molecular weight excluding hydrogens is 344 g/mol. The standard InChI is InChI=1S/C16H19BrN4O/c1-22-14-5-4-12(8-13(14)17)10-18-15-9-16(20-11-19-15)21-6-2-3-7-21/h4-5,8-9,11H,2-3,6-7,10H2,1H3,(H,18,19,20). The van der Waals surface area contributed by atoms with Crippen LogP contribution in [0.25, 0.3) is 0 Å². The molecule has 0 amide bonds. The lowest BCUT2D eigenvalue weighted by Crippen LogP contribution is -2.19. The van der Waals surface area contributed by atoms with Crippen molar-refractivity contribution in [2.75, 3.05) is 30.4 Å². The van der Waals surface area contributed by atoms with Crippen LogP contribution in [-0.4, -0.2) is 30.2 Å². The van der Waals surface area contributed by atoms with E-state index in [1.165, 1.54) is 12.8 Å². The average molecular weight is 363 g/mol. The fourth-order valence-electron chi connectivity index (χ4n) is 2.58. The minimum absolute atomic E-state index is 0.707. The molecule has 3 rings (SSSR count). The quantitative estimate of drug-likeness (QED) is 0.882. The van der Waals surface area contributed by atoms with Crippen molar-refractivity contribution in [2.45, 2.75) is 19.4 Å². The molecular formula is C16H19BrN4O. The largest absolute Gasteiger partial charge is 0.496 e. The van der Waals surface area contributed by atoms with Crippen molar-refractivity contribution in [1.82, 2.24) is 9.97 Å². The Morgan fingerprint density at radius 1 is 1.23 bits per heavy atom. The predicted octanol–water partition coefficient (Wildman–Crippen LogP) is 3.46. The van der Waals surface area contributed by atoms with E-state index in [9.17, 15) is 0 Å². The second-order valence-electron chi connectivity index (χ2n) is 5.28. The molecule has 2 aromatic rings. The van der Waals surface area contributed by atoms with E-state index in [-0.39, 0.29) is 0 Å². The zero-order valence-corrected chi connectivity index (χ0v) is 14.1. The van der Waals surface area contributed by atoms with Gasteiger partial charge in [0.15, 0.2) is 0 Å². The highest BCUT2D eigenvalue weighted by Crippen LogP contribution is 2.26. The van der Waals surface area contributed by atoms with Gasteiger partial charge in [-0.1, -0.05) is 6.07 Å². The predicted molar refractivity (Wildman–Crippen MR) is 91.5 cm³/mol. The SMILES string of the molecule is COc1ccc(CNc2cc(N3CCCC3)ncn2)cc1Br. The molecule has 6 heteroatoms. The van der Waals surface area contributed by atoms with Crippen molar-refractivity contribution in [3.63, 3.8) is 0 Å². The lowest BCUT2D eigenvalue weighted by Gasteiger charge is -2.16. The van der Waals surface area contributed by atoms with Crippen molar-refractivity contribution in [1.29, 1.82) is 0 Å². The van der Waals surface area contributed by atoms with E-state index in [1.807, 2.05) is 18.2 Å². The number of halogens is 1. The van der Waals surface area contributed by atoms with Gasteiger partial charge in [-0.05, 0) is 46.5 Å². The summed E-state index contributed by atoms with van der Waals surface area (Å²) in [4.78, 5) is 11.0. The molecule has 0 atom stereocenters. The first-order chi connectivity index (χ1) is 10.8. The number of aromatic nitrogens is 2. The molecule has 5 nitrogen and oxygen atoms in total. The first kappa shape index (κ1) is 15.1. The monoisotopic (exact) mass is 362 g/mol. The van der Waals surface area contributed by atoms with Crippen LogP contribution in [0.15, 0.2) is 35.1 Å². The van der Waals surface area contributed by atoms with E-state index in [4.69, 9.17) is 4.74 Å². The third kappa shape index (κ3) is 3.50. The summed E-state index contributed by atoms with van der Waals surface area (Å²) in [5.74, 6) is 2.69. The number of benzene rings is 1. The van der Waals surface area contributed by atoms with Crippen LogP contribution in [0.1, 0.15) is 18.4 Å². The topological polar surface area (TPSA) is 50.3 Å². The zero-order chi connectivity index (χ0) is 15.4. The third-order valence-electron chi connectivity index (χ3n) is 3.77. The molecule has 2 heterocycles. The summed E-state index contributed by atoms with van der Waals surface area (Å²) in [5.41, 5.74) is 1.16. The Bertz CT molecular complexity index is 644. The van der Waals surface area contributed by atoms with Gasteiger partial charge in [0, 0.05) is 25.7 Å². The van der Waals surface area contributed by atoms with Crippen LogP contribution in [0.4, 0.5) is 11.6 Å². The van der Waals surface area contributed by atoms with Crippen LogP contribution in [-0.2, 0) is 6.54 Å². The van der Waals surface area contributed by atoms with Gasteiger partial charge in [0.2, 0.25) is 0 Å². The number of nitrogens with one attached hydrogen (secondary N) is 1. The number of rotatable bonds is 5. The van der Waals surface area contributed by atoms with Gasteiger partial charge >= 0.3 is 0 Å². The van der Waals surface area contributed by atoms with E-state index < -0.39 is 0 Å². The van der Waals surface area contributed by atoms with Gasteiger partial charge in [0.05, 0.1) is 11.6 Å². The molecule has 0 unspecified atom stereocenters. The maximum atomic E-state index is 5.24. The molecule has 22 heavy (non-hydrogen) atoms. The molecule has 1 aromatic carbocycles. The third-order valence-corrected chi connectivity index (χ3v) is 4.39. The lowest BCUT2D eigenvalue weighted by atomic mass is 10.2. The molecule has 1 saturated heterocycles. The highest BCUT2D eigenvalue weighted by Gasteiger charge is 2.13. The van der Waals surface area contributed by atoms with Crippen LogP contribution in [0, 0.1) is 0 Å². The van der Waals surface area contributed by atoms with Crippen LogP contribution >= 0.6 is 15.9 Å². The first-order valence-corrected chi connectivity index (χ1v) is 8.19. The maximum absolute atomic E-state index is 5.24. The summed E-state index contributed by atoms with van der Waals surface area (Å²) in [6.45, 7) is 2.88. The van der Waals surface area contributed by atoms with Crippen molar-refractivity contribution in [3.05, 3.63) is 40.6 Å². The van der Waals surface area contributed by atoms with E-state index in [0.29, 0.717) is 6.54 Å². The molecule has 116 valence electrons. The fraction of sp³-hybridized carbons (Fsp3) is 0.375. The fourth-order valence-corrected chi connectivity index (χ4v) is 3.16. The second kappa shape index (κ2) is 6.96. The van der Waals surface area contributed by atoms with Crippen molar-refractivity contribution >= 4 is 27.6 Å². The normalized spacial score (nSPS) is 14.2. The summed E-state index contributed by atoms with van der Waals surface area (Å²) < 4.78 is 6.20. The smallest absolute Gasteiger partial charge is 0.134 e. The Morgan fingerprint density at radius 3 is 2.77 bits per heavy atom. The zero-order valence-electron chi connectivity index (χ0n) is 12.6. The summed E-state index contributed by atoms with van der Waals surface area (Å²) in [6, 6.07) is 8.06. The molecule has 1 aliphatic rings. The number of ether oxygens (including phenoxy) is 1. The number of hydrogen-bond acceptors (Lipinski definition) is 5. The summed E-state index contributed by atoms with van der Waals surface area (Å²) in [6.07, 6.45) is 4.11. The van der Waals surface area contributed by atoms with Crippen LogP contribution in [0.2, 0.25) is 0 Å². The number of anilines is 2. The second-order valence-corrected chi connectivity index (χ2v) is 6.13. The molecule has 1 N–H and O–H groups in total. The maximum Gasteiger partial charge on any atom is 0.134 e. The number of methoxy groups -OCH3 is 1. The van der Waals surface area contributed by atoms with Gasteiger partial charge < -0.3 is 15.0 Å². The van der Waals surface area contributed by atoms with Crippen molar-refractivity contribution < 1.29 is 4.74 Å². The molecule has 0 saturated carbocycles. The Balaban J connectivity index is 1.66. The van der Waals surface area contributed by atoms with E-state index >= 15 is 0 Å². The summed E-state index contributed by atoms with van der Waals surface area (Å²) >= 11 is 3.50. The lowest BCUT2D eigenvalue weighted by molar-refractivity contribution is 0.412. The van der Waals surface area contributed by atoms with E-state index in [2.05, 4.69) is 42.2 Å². The molecule has 0 bridgehead atoms. The molecule has 0 spiro atoms. The Labute approximate surface area is 138 Å². The van der Waals surface area contributed by atoms with Crippen molar-refractivity contribution in [2.24, 2.45) is 0 Å². The molecule has 1 aliphatic heterocycles. The van der Waals surface area contributed by atoms with E-state index in [1.54, 1.807) is 13.4 Å². The Kier molecular flexibility index (Phi) is 4.77. The highest BCUT2D eigenvalue weighted by atomic mass is 79.9. The summed E-state index contributed by atoms with van der Waals surface area (Å²) in [5, 5.41) is 3.35. The Hall–Kier alpha value is -1.82. The van der Waals surface area contributed by atoms with Gasteiger partial charge in [0.25, 0.3) is 0 Å². The van der Waals surface area contributed by atoms with Crippen molar-refractivity contribution in [3.8, 4) is 5.75 Å². The molecule has 0 aliphatic carbocycles. The minimum atomic E-state index is 0.707. The van der Waals surface area contributed by atoms with Crippen LogP contribution in [0.5, 0.6) is 5.75 Å². The van der Waals surface area contributed by atoms with Gasteiger partial charge in [-0.2, -0.15) is 0 Å². The van der Waals surface area contributed by atoms with Crippen LogP contribution < -0.4 is 15.0 Å². The van der Waals surface area contributed by atoms with E-state index in [0.717, 1.165) is 40.5 Å². The van der Waals surface area contributed by atoms with Gasteiger partial charge in [-0.3, -0.25) is 0 Å². The molecule has 1 fully saturated rings. The highest BCUT2D eigenvalue weighted by molar-refractivity contribution is 9.10. The minimum Gasteiger partial charge on any atom is -0.496 e. The average Bonchev–Trinajstić information content (AvgIpc) is 3.08. The number of nitrogens with zero attached hydrogens (tertiary/aromatic N) is 3. The van der Waals surface area contributed by atoms with Gasteiger partial charge in [0.1, 0.15) is 23.7 Å². The molecule has 0 radical (unpaired) electrons. The van der Waals surface area contributed by atoms with Gasteiger partial charge in [-0.15, -0.1) is 0 Å². The van der Waals surface area contributed by atoms with Gasteiger partial charge in [-0.25, -0.2) is 9.97 Å². The first-order valence-electron chi connectivity index (χ1n) is 7.39. The number of hydrogen-bond donors (Lipinski definition) is 1.